The molecule has 0 aromatic heterocycles. The molecule has 5 aliphatic heterocycles. The Morgan fingerprint density at radius 3 is 2.12 bits per heavy atom. The third kappa shape index (κ3) is 9.40. The quantitative estimate of drug-likeness (QED) is 0.137. The second kappa shape index (κ2) is 18.0. The summed E-state index contributed by atoms with van der Waals surface area (Å²) in [6, 6.07) is -0.628. The number of rotatable bonds is 13. The molecule has 0 bridgehead atoms. The maximum Gasteiger partial charge on any atom is 0.309 e. The number of nitrogens with one attached hydrogen (secondary N) is 1. The monoisotopic (exact) mass is 834 g/mol. The summed E-state index contributed by atoms with van der Waals surface area (Å²) in [6.45, 7) is 25.3. The van der Waals surface area contributed by atoms with Gasteiger partial charge >= 0.3 is 5.97 Å². The molecule has 0 aromatic carbocycles. The number of carboxylic acid groups (broad SMARTS) is 1. The van der Waals surface area contributed by atoms with Gasteiger partial charge in [0, 0.05) is 35.5 Å². The molecule has 1 unspecified atom stereocenters. The zero-order valence-electron chi connectivity index (χ0n) is 38.4. The van der Waals surface area contributed by atoms with Gasteiger partial charge in [-0.25, -0.2) is 0 Å². The second-order valence-electron chi connectivity index (χ2n) is 20.7. The molecule has 1 amide bonds. The largest absolute Gasteiger partial charge is 0.481 e. The van der Waals surface area contributed by atoms with Crippen LogP contribution in [0.5, 0.6) is 0 Å². The predicted molar refractivity (Wildman–Crippen MR) is 224 cm³/mol. The van der Waals surface area contributed by atoms with E-state index in [-0.39, 0.29) is 47.8 Å². The lowest BCUT2D eigenvalue weighted by atomic mass is 9.72. The van der Waals surface area contributed by atoms with E-state index in [0.717, 1.165) is 6.42 Å². The number of amides is 1. The number of aliphatic carboxylic acids is 1. The Kier molecular flexibility index (Phi) is 14.7. The minimum absolute atomic E-state index is 0.00813. The van der Waals surface area contributed by atoms with Crippen molar-refractivity contribution in [2.75, 3.05) is 0 Å². The smallest absolute Gasteiger partial charge is 0.309 e. The molecule has 4 saturated heterocycles. The number of aliphatic hydroxyl groups is 2. The number of carboxylic acids is 1. The number of aliphatic hydroxyl groups excluding tert-OH is 1. The first-order chi connectivity index (χ1) is 27.4. The normalized spacial score (nSPS) is 42.9. The minimum Gasteiger partial charge on any atom is -0.481 e. The Balaban J connectivity index is 1.40. The lowest BCUT2D eigenvalue weighted by Crippen LogP contribution is -2.66. The number of ketones is 1. The van der Waals surface area contributed by atoms with Crippen molar-refractivity contribution in [1.29, 1.82) is 0 Å². The Bertz CT molecular complexity index is 1530. The van der Waals surface area contributed by atoms with Crippen LogP contribution in [0, 0.1) is 46.8 Å². The van der Waals surface area contributed by atoms with Crippen LogP contribution in [0.25, 0.3) is 0 Å². The fourth-order valence-corrected chi connectivity index (χ4v) is 11.0. The molecule has 5 aliphatic rings. The molecule has 12 nitrogen and oxygen atoms in total. The molecule has 12 heteroatoms. The maximum atomic E-state index is 14.6. The Labute approximate surface area is 354 Å². The van der Waals surface area contributed by atoms with Crippen LogP contribution in [0.4, 0.5) is 0 Å². The van der Waals surface area contributed by atoms with E-state index in [0.29, 0.717) is 57.8 Å². The first-order valence-corrected chi connectivity index (χ1v) is 23.0. The summed E-state index contributed by atoms with van der Waals surface area (Å²) in [5, 5.41) is 36.1. The van der Waals surface area contributed by atoms with Gasteiger partial charge in [0.15, 0.2) is 11.6 Å². The lowest BCUT2D eigenvalue weighted by molar-refractivity contribution is -0.398. The molecule has 0 radical (unpaired) electrons. The third-order valence-electron chi connectivity index (χ3n) is 15.4. The van der Waals surface area contributed by atoms with Crippen LogP contribution in [0.1, 0.15) is 154 Å². The Hall–Kier alpha value is -1.93. The van der Waals surface area contributed by atoms with Crippen molar-refractivity contribution < 1.29 is 53.4 Å². The Morgan fingerprint density at radius 1 is 0.881 bits per heavy atom. The number of Topliss-reactive ketones (excluding diaryl/α,β-unsaturated/α-hetero) is 1. The van der Waals surface area contributed by atoms with Gasteiger partial charge in [0.1, 0.15) is 11.8 Å². The van der Waals surface area contributed by atoms with E-state index in [2.05, 4.69) is 26.1 Å². The molecule has 4 N–H and O–H groups in total. The number of ether oxygens (including phenoxy) is 5. The molecule has 0 aliphatic carbocycles. The molecule has 5 heterocycles. The molecule has 0 saturated carbocycles. The van der Waals surface area contributed by atoms with Gasteiger partial charge in [0.2, 0.25) is 5.91 Å². The number of hydrogen-bond donors (Lipinski definition) is 4. The highest BCUT2D eigenvalue weighted by Crippen LogP contribution is 2.54. The minimum atomic E-state index is -1.30. The standard InChI is InChI=1S/C47H79NO11/c1-14-32(41(51)52)34-18-17-26(4)39(56-34)30(8)37(49)29(7)38(50)33(15-2)40-27(5)25-28(6)46(57-40)22-19-35(48-42(53)43(10,11)12)47(59-46)24-23-44(13,58-47)36-20-21-45(54,16-3)31(9)55-36/h19,22,26-37,39-40,49,54H,14-18,20-21,23-25H2,1-13H3,(H,48,53)(H,51,52)/t26-,27-,28+,29-,30-,31-,32+,33?,34+,35+,36+,37+,39+,40-,44-,45+,46-,47-/m0/s1. The highest BCUT2D eigenvalue weighted by molar-refractivity contribution is 5.84. The van der Waals surface area contributed by atoms with Crippen molar-refractivity contribution in [3.8, 4) is 0 Å². The summed E-state index contributed by atoms with van der Waals surface area (Å²) in [7, 11) is 0. The summed E-state index contributed by atoms with van der Waals surface area (Å²) in [5.41, 5.74) is -2.35. The van der Waals surface area contributed by atoms with Crippen LogP contribution in [-0.2, 0) is 38.1 Å². The fraction of sp³-hybridized carbons (Fsp3) is 0.894. The van der Waals surface area contributed by atoms with Gasteiger partial charge in [0.25, 0.3) is 0 Å². The van der Waals surface area contributed by atoms with Crippen LogP contribution in [0.15, 0.2) is 12.2 Å². The third-order valence-corrected chi connectivity index (χ3v) is 15.4. The summed E-state index contributed by atoms with van der Waals surface area (Å²) in [6.07, 6.45) is 6.75. The van der Waals surface area contributed by atoms with Crippen LogP contribution in [-0.4, -0.2) is 98.4 Å². The number of carbonyl (C=O) groups is 3. The van der Waals surface area contributed by atoms with E-state index >= 15 is 0 Å². The molecule has 5 rings (SSSR count). The summed E-state index contributed by atoms with van der Waals surface area (Å²) in [5.74, 6) is -6.01. The highest BCUT2D eigenvalue weighted by atomic mass is 16.8. The molecular weight excluding hydrogens is 755 g/mol. The van der Waals surface area contributed by atoms with Crippen molar-refractivity contribution in [2.24, 2.45) is 46.8 Å². The van der Waals surface area contributed by atoms with Crippen LogP contribution < -0.4 is 5.32 Å². The van der Waals surface area contributed by atoms with Crippen LogP contribution in [0.2, 0.25) is 0 Å². The van der Waals surface area contributed by atoms with E-state index in [1.807, 2.05) is 74.5 Å². The Morgan fingerprint density at radius 2 is 1.54 bits per heavy atom. The zero-order chi connectivity index (χ0) is 44.0. The number of hydrogen-bond acceptors (Lipinski definition) is 10. The van der Waals surface area contributed by atoms with Crippen molar-refractivity contribution in [2.45, 2.75) is 220 Å². The zero-order valence-corrected chi connectivity index (χ0v) is 38.4. The van der Waals surface area contributed by atoms with Gasteiger partial charge in [-0.15, -0.1) is 0 Å². The maximum absolute atomic E-state index is 14.6. The topological polar surface area (TPSA) is 170 Å². The van der Waals surface area contributed by atoms with Gasteiger partial charge in [0.05, 0.1) is 53.7 Å². The van der Waals surface area contributed by atoms with Gasteiger partial charge in [-0.2, -0.15) is 0 Å². The summed E-state index contributed by atoms with van der Waals surface area (Å²) >= 11 is 0. The molecule has 4 fully saturated rings. The molecule has 2 spiro atoms. The molecule has 0 aromatic rings. The first-order valence-electron chi connectivity index (χ1n) is 23.0. The van der Waals surface area contributed by atoms with Crippen molar-refractivity contribution in [3.05, 3.63) is 12.2 Å². The molecular formula is C47H79NO11. The molecule has 338 valence electrons. The van der Waals surface area contributed by atoms with E-state index in [1.54, 1.807) is 6.92 Å². The number of carbonyl (C=O) groups excluding carboxylic acids is 2. The van der Waals surface area contributed by atoms with Crippen molar-refractivity contribution >= 4 is 17.7 Å². The van der Waals surface area contributed by atoms with E-state index < -0.39 is 82.2 Å². The van der Waals surface area contributed by atoms with Crippen molar-refractivity contribution in [3.63, 3.8) is 0 Å². The van der Waals surface area contributed by atoms with Crippen LogP contribution in [0.3, 0.4) is 0 Å². The summed E-state index contributed by atoms with van der Waals surface area (Å²) in [4.78, 5) is 40.2. The average molecular weight is 834 g/mol. The van der Waals surface area contributed by atoms with E-state index in [9.17, 15) is 29.7 Å². The predicted octanol–water partition coefficient (Wildman–Crippen LogP) is 7.36. The molecule has 18 atom stereocenters. The van der Waals surface area contributed by atoms with E-state index in [4.69, 9.17) is 23.7 Å². The average Bonchev–Trinajstić information content (AvgIpc) is 3.52. The lowest BCUT2D eigenvalue weighted by Gasteiger charge is -2.55. The summed E-state index contributed by atoms with van der Waals surface area (Å²) < 4.78 is 34.5. The van der Waals surface area contributed by atoms with Gasteiger partial charge in [-0.05, 0) is 89.5 Å². The van der Waals surface area contributed by atoms with E-state index in [1.165, 1.54) is 0 Å². The fourth-order valence-electron chi connectivity index (χ4n) is 11.0. The van der Waals surface area contributed by atoms with Crippen molar-refractivity contribution in [1.82, 2.24) is 5.32 Å². The first kappa shape index (κ1) is 48.1. The van der Waals surface area contributed by atoms with Crippen LogP contribution >= 0.6 is 0 Å². The van der Waals surface area contributed by atoms with Gasteiger partial charge < -0.3 is 44.3 Å². The molecule has 59 heavy (non-hydrogen) atoms. The van der Waals surface area contributed by atoms with Gasteiger partial charge in [-0.1, -0.05) is 82.2 Å². The van der Waals surface area contributed by atoms with Gasteiger partial charge in [-0.3, -0.25) is 14.4 Å². The second-order valence-corrected chi connectivity index (χ2v) is 20.7. The SMILES string of the molecule is CCC(C(=O)[C@@H](C)[C@@H](O)[C@H](C)[C@@H]1O[C@@H]([C@@H](CC)C(=O)O)CC[C@@H]1C)[C@H]1O[C@]2(C=C[C@@H](NC(=O)C(C)(C)C)[C@]3(CC[C@@](C)([C@H]4CC[C@](O)(CC)[C@H](C)O4)O3)O2)[C@H](C)C[C@@H]1C. The highest BCUT2D eigenvalue weighted by Gasteiger charge is 2.63.